The van der Waals surface area contributed by atoms with Gasteiger partial charge in [-0.2, -0.15) is 0 Å². The first-order chi connectivity index (χ1) is 7.54. The largest absolute Gasteiger partial charge is 0.343 e. The first kappa shape index (κ1) is 11.2. The molecule has 0 saturated carbocycles. The highest BCUT2D eigenvalue weighted by atomic mass is 35.5. The smallest absolute Gasteiger partial charge is 0.130 e. The van der Waals surface area contributed by atoms with E-state index in [2.05, 4.69) is 9.97 Å². The molecule has 0 fully saturated rings. The summed E-state index contributed by atoms with van der Waals surface area (Å²) in [5.41, 5.74) is 1.36. The molecule has 0 aliphatic carbocycles. The van der Waals surface area contributed by atoms with Crippen LogP contribution in [0.1, 0.15) is 5.82 Å². The van der Waals surface area contributed by atoms with Crippen molar-refractivity contribution in [3.8, 4) is 11.3 Å². The van der Waals surface area contributed by atoms with Gasteiger partial charge in [0.1, 0.15) is 16.3 Å². The Kier molecular flexibility index (Phi) is 3.03. The van der Waals surface area contributed by atoms with Gasteiger partial charge in [0.15, 0.2) is 0 Å². The number of aromatic amines is 1. The molecule has 2 aromatic rings. The highest BCUT2D eigenvalue weighted by molar-refractivity contribution is 7.71. The zero-order valence-electron chi connectivity index (χ0n) is 8.42. The van der Waals surface area contributed by atoms with Crippen LogP contribution in [-0.4, -0.2) is 9.97 Å². The number of rotatable bonds is 1. The number of hydrogen-bond acceptors (Lipinski definition) is 2. The van der Waals surface area contributed by atoms with E-state index in [4.69, 9.17) is 23.8 Å². The third-order valence-electron chi connectivity index (χ3n) is 2.03. The van der Waals surface area contributed by atoms with Crippen LogP contribution in [0.3, 0.4) is 0 Å². The molecule has 1 N–H and O–H groups in total. The molecule has 0 saturated heterocycles. The monoisotopic (exact) mass is 254 g/mol. The summed E-state index contributed by atoms with van der Waals surface area (Å²) in [4.78, 5) is 7.05. The van der Waals surface area contributed by atoms with E-state index >= 15 is 0 Å². The molecule has 0 aliphatic heterocycles. The van der Waals surface area contributed by atoms with Crippen molar-refractivity contribution in [1.29, 1.82) is 0 Å². The fraction of sp³-hybridized carbons (Fsp3) is 0.0909. The number of hydrogen-bond donors (Lipinski definition) is 1. The number of aryl methyl sites for hydroxylation is 1. The number of aromatic nitrogens is 2. The van der Waals surface area contributed by atoms with Crippen LogP contribution in [0.5, 0.6) is 0 Å². The maximum Gasteiger partial charge on any atom is 0.130 e. The molecule has 1 aromatic heterocycles. The SMILES string of the molecule is Cc1nc(=S)cc(-c2cc(F)cc(Cl)c2)[nH]1. The Morgan fingerprint density at radius 1 is 1.31 bits per heavy atom. The van der Waals surface area contributed by atoms with Crippen LogP contribution in [0.2, 0.25) is 5.02 Å². The van der Waals surface area contributed by atoms with E-state index in [1.165, 1.54) is 12.1 Å². The normalized spacial score (nSPS) is 10.4. The lowest BCUT2D eigenvalue weighted by molar-refractivity contribution is 0.628. The summed E-state index contributed by atoms with van der Waals surface area (Å²) in [5, 5.41) is 0.351. The van der Waals surface area contributed by atoms with Crippen molar-refractivity contribution < 1.29 is 4.39 Å². The molecular formula is C11H8ClFN2S. The Morgan fingerprint density at radius 3 is 2.69 bits per heavy atom. The van der Waals surface area contributed by atoms with E-state index in [9.17, 15) is 4.39 Å². The van der Waals surface area contributed by atoms with Crippen LogP contribution in [0.15, 0.2) is 24.3 Å². The summed E-state index contributed by atoms with van der Waals surface area (Å²) in [6, 6.07) is 6.00. The van der Waals surface area contributed by atoms with Crippen molar-refractivity contribution in [3.05, 3.63) is 45.6 Å². The van der Waals surface area contributed by atoms with E-state index in [1.54, 1.807) is 19.1 Å². The average Bonchev–Trinajstić information content (AvgIpc) is 2.14. The molecule has 0 radical (unpaired) electrons. The summed E-state index contributed by atoms with van der Waals surface area (Å²) in [6.07, 6.45) is 0. The lowest BCUT2D eigenvalue weighted by Gasteiger charge is -2.04. The number of nitrogens with zero attached hydrogens (tertiary/aromatic N) is 1. The standard InChI is InChI=1S/C11H8ClFN2S/c1-6-14-10(5-11(16)15-6)7-2-8(12)4-9(13)3-7/h2-5H,1H3,(H,14,15,16). The molecule has 16 heavy (non-hydrogen) atoms. The van der Waals surface area contributed by atoms with Gasteiger partial charge in [-0.1, -0.05) is 23.8 Å². The van der Waals surface area contributed by atoms with Crippen LogP contribution in [0.4, 0.5) is 4.39 Å². The molecule has 0 bridgehead atoms. The zero-order chi connectivity index (χ0) is 11.7. The average molecular weight is 255 g/mol. The highest BCUT2D eigenvalue weighted by Gasteiger charge is 2.03. The van der Waals surface area contributed by atoms with Gasteiger partial charge in [-0.05, 0) is 31.2 Å². The highest BCUT2D eigenvalue weighted by Crippen LogP contribution is 2.22. The van der Waals surface area contributed by atoms with E-state index < -0.39 is 0 Å². The molecule has 1 aromatic carbocycles. The van der Waals surface area contributed by atoms with Crippen molar-refractivity contribution in [1.82, 2.24) is 9.97 Å². The van der Waals surface area contributed by atoms with E-state index in [-0.39, 0.29) is 5.82 Å². The van der Waals surface area contributed by atoms with Gasteiger partial charge in [0.05, 0.1) is 0 Å². The topological polar surface area (TPSA) is 28.7 Å². The first-order valence-electron chi connectivity index (χ1n) is 4.59. The zero-order valence-corrected chi connectivity index (χ0v) is 9.99. The molecule has 2 rings (SSSR count). The summed E-state index contributed by atoms with van der Waals surface area (Å²) >= 11 is 10.8. The predicted molar refractivity (Wildman–Crippen MR) is 64.6 cm³/mol. The van der Waals surface area contributed by atoms with Gasteiger partial charge < -0.3 is 4.98 Å². The minimum atomic E-state index is -0.378. The Labute approximate surface area is 102 Å². The quantitative estimate of drug-likeness (QED) is 0.782. The number of benzene rings is 1. The van der Waals surface area contributed by atoms with Crippen molar-refractivity contribution in [3.63, 3.8) is 0 Å². The molecule has 0 amide bonds. The second-order valence-corrected chi connectivity index (χ2v) is 4.23. The van der Waals surface area contributed by atoms with Crippen LogP contribution in [0.25, 0.3) is 11.3 Å². The van der Waals surface area contributed by atoms with Crippen molar-refractivity contribution in [2.45, 2.75) is 6.92 Å². The molecule has 0 spiro atoms. The fourth-order valence-electron chi connectivity index (χ4n) is 1.44. The second-order valence-electron chi connectivity index (χ2n) is 3.38. The van der Waals surface area contributed by atoms with Gasteiger partial charge in [0, 0.05) is 16.3 Å². The van der Waals surface area contributed by atoms with Crippen LogP contribution in [-0.2, 0) is 0 Å². The van der Waals surface area contributed by atoms with Crippen molar-refractivity contribution in [2.75, 3.05) is 0 Å². The van der Waals surface area contributed by atoms with Gasteiger partial charge >= 0.3 is 0 Å². The molecule has 0 atom stereocenters. The first-order valence-corrected chi connectivity index (χ1v) is 5.37. The Bertz CT molecular complexity index is 575. The molecule has 1 heterocycles. The van der Waals surface area contributed by atoms with E-state index in [1.807, 2.05) is 0 Å². The molecule has 82 valence electrons. The molecule has 0 aliphatic rings. The second kappa shape index (κ2) is 4.31. The third kappa shape index (κ3) is 2.46. The summed E-state index contributed by atoms with van der Waals surface area (Å²) in [6.45, 7) is 1.79. The summed E-state index contributed by atoms with van der Waals surface area (Å²) < 4.78 is 13.6. The van der Waals surface area contributed by atoms with Gasteiger partial charge in [-0.25, -0.2) is 9.37 Å². The predicted octanol–water partition coefficient (Wildman–Crippen LogP) is 3.91. The minimum Gasteiger partial charge on any atom is -0.343 e. The maximum atomic E-state index is 13.2. The van der Waals surface area contributed by atoms with Crippen LogP contribution < -0.4 is 0 Å². The fourth-order valence-corrected chi connectivity index (χ4v) is 1.92. The molecule has 5 heteroatoms. The van der Waals surface area contributed by atoms with Gasteiger partial charge in [0.2, 0.25) is 0 Å². The van der Waals surface area contributed by atoms with Gasteiger partial charge in [0.25, 0.3) is 0 Å². The van der Waals surface area contributed by atoms with Crippen molar-refractivity contribution >= 4 is 23.8 Å². The van der Waals surface area contributed by atoms with Gasteiger partial charge in [-0.15, -0.1) is 0 Å². The third-order valence-corrected chi connectivity index (χ3v) is 2.46. The lowest BCUT2D eigenvalue weighted by Crippen LogP contribution is -1.92. The summed E-state index contributed by atoms with van der Waals surface area (Å²) in [7, 11) is 0. The lowest BCUT2D eigenvalue weighted by atomic mass is 10.1. The number of nitrogens with one attached hydrogen (secondary N) is 1. The Morgan fingerprint density at radius 2 is 2.06 bits per heavy atom. The maximum absolute atomic E-state index is 13.2. The minimum absolute atomic E-state index is 0.351. The molecule has 2 nitrogen and oxygen atoms in total. The number of H-pyrrole nitrogens is 1. The van der Waals surface area contributed by atoms with E-state index in [0.717, 1.165) is 0 Å². The molecule has 0 unspecified atom stereocenters. The number of halogens is 2. The summed E-state index contributed by atoms with van der Waals surface area (Å²) in [5.74, 6) is 0.305. The van der Waals surface area contributed by atoms with Crippen molar-refractivity contribution in [2.24, 2.45) is 0 Å². The van der Waals surface area contributed by atoms with Crippen LogP contribution in [0, 0.1) is 17.4 Å². The van der Waals surface area contributed by atoms with Gasteiger partial charge in [-0.3, -0.25) is 0 Å². The van der Waals surface area contributed by atoms with E-state index in [0.29, 0.717) is 26.7 Å². The Hall–Kier alpha value is -1.26. The Balaban J connectivity index is 2.62. The molecular weight excluding hydrogens is 247 g/mol. The van der Waals surface area contributed by atoms with Crippen LogP contribution >= 0.6 is 23.8 Å².